The van der Waals surface area contributed by atoms with Crippen molar-refractivity contribution in [1.82, 2.24) is 20.7 Å². The molecule has 1 aliphatic heterocycles. The minimum Gasteiger partial charge on any atom is -0.336 e. The summed E-state index contributed by atoms with van der Waals surface area (Å²) in [6, 6.07) is 12.0. The summed E-state index contributed by atoms with van der Waals surface area (Å²) in [5.41, 5.74) is 5.40. The molecule has 0 unspecified atom stereocenters. The van der Waals surface area contributed by atoms with E-state index in [9.17, 15) is 18.8 Å². The van der Waals surface area contributed by atoms with Crippen molar-refractivity contribution in [3.8, 4) is 0 Å². The minimum absolute atomic E-state index is 0.0847. The largest absolute Gasteiger partial charge is 0.336 e. The molecule has 9 heteroatoms. The van der Waals surface area contributed by atoms with Gasteiger partial charge in [-0.3, -0.25) is 30.1 Å². The fourth-order valence-corrected chi connectivity index (χ4v) is 3.19. The maximum absolute atomic E-state index is 13.0. The van der Waals surface area contributed by atoms with Crippen LogP contribution in [0.2, 0.25) is 5.02 Å². The Bertz CT molecular complexity index is 899. The smallest absolute Gasteiger partial charge is 0.271 e. The lowest BCUT2D eigenvalue weighted by Crippen LogP contribution is -2.53. The van der Waals surface area contributed by atoms with Gasteiger partial charge in [0, 0.05) is 31.7 Å². The van der Waals surface area contributed by atoms with E-state index in [4.69, 9.17) is 11.6 Å². The quantitative estimate of drug-likeness (QED) is 0.740. The zero-order valence-corrected chi connectivity index (χ0v) is 16.3. The van der Waals surface area contributed by atoms with Crippen LogP contribution in [0.15, 0.2) is 48.5 Å². The Kier molecular flexibility index (Phi) is 6.79. The molecule has 2 aromatic rings. The molecule has 1 fully saturated rings. The number of rotatable bonds is 4. The first kappa shape index (κ1) is 20.8. The van der Waals surface area contributed by atoms with Crippen LogP contribution < -0.4 is 10.9 Å². The molecular weight excluding hydrogens is 399 g/mol. The molecule has 29 heavy (non-hydrogen) atoms. The highest BCUT2D eigenvalue weighted by Crippen LogP contribution is 2.14. The van der Waals surface area contributed by atoms with Gasteiger partial charge in [0.05, 0.1) is 17.1 Å². The molecule has 152 valence electrons. The highest BCUT2D eigenvalue weighted by atomic mass is 35.5. The molecule has 0 aliphatic carbocycles. The van der Waals surface area contributed by atoms with Crippen molar-refractivity contribution in [3.63, 3.8) is 0 Å². The molecule has 0 aromatic heterocycles. The molecule has 3 amide bonds. The Morgan fingerprint density at radius 2 is 1.59 bits per heavy atom. The topological polar surface area (TPSA) is 81.8 Å². The molecule has 0 saturated carbocycles. The van der Waals surface area contributed by atoms with Crippen LogP contribution in [-0.4, -0.2) is 60.2 Å². The lowest BCUT2D eigenvalue weighted by atomic mass is 10.2. The third-order valence-corrected chi connectivity index (χ3v) is 4.88. The van der Waals surface area contributed by atoms with Gasteiger partial charge in [0.2, 0.25) is 0 Å². The van der Waals surface area contributed by atoms with Crippen LogP contribution in [0.3, 0.4) is 0 Å². The summed E-state index contributed by atoms with van der Waals surface area (Å²) in [4.78, 5) is 40.1. The Morgan fingerprint density at radius 1 is 0.931 bits per heavy atom. The summed E-state index contributed by atoms with van der Waals surface area (Å²) in [5, 5.41) is 0.293. The van der Waals surface area contributed by atoms with E-state index < -0.39 is 5.91 Å². The average molecular weight is 419 g/mol. The highest BCUT2D eigenvalue weighted by molar-refractivity contribution is 6.33. The monoisotopic (exact) mass is 418 g/mol. The van der Waals surface area contributed by atoms with Gasteiger partial charge in [0.15, 0.2) is 0 Å². The number of hydrogen-bond donors (Lipinski definition) is 2. The number of carbonyl (C=O) groups excluding carboxylic acids is 3. The normalized spacial score (nSPS) is 14.3. The van der Waals surface area contributed by atoms with Gasteiger partial charge in [-0.15, -0.1) is 0 Å². The first-order valence-electron chi connectivity index (χ1n) is 9.05. The number of hydrazine groups is 1. The Balaban J connectivity index is 1.42. The molecule has 7 nitrogen and oxygen atoms in total. The van der Waals surface area contributed by atoms with Crippen LogP contribution in [0.5, 0.6) is 0 Å². The number of amides is 3. The molecule has 0 bridgehead atoms. The number of piperazine rings is 1. The van der Waals surface area contributed by atoms with Crippen molar-refractivity contribution in [1.29, 1.82) is 0 Å². The van der Waals surface area contributed by atoms with Gasteiger partial charge in [-0.25, -0.2) is 4.39 Å². The predicted octanol–water partition coefficient (Wildman–Crippen LogP) is 1.70. The number of halogens is 2. The summed E-state index contributed by atoms with van der Waals surface area (Å²) in [6.45, 7) is 2.02. The molecular formula is C20H20ClFN4O3. The number of nitrogens with zero attached hydrogens (tertiary/aromatic N) is 2. The molecule has 1 saturated heterocycles. The number of benzene rings is 2. The predicted molar refractivity (Wildman–Crippen MR) is 106 cm³/mol. The summed E-state index contributed by atoms with van der Waals surface area (Å²) >= 11 is 5.95. The van der Waals surface area contributed by atoms with Crippen LogP contribution >= 0.6 is 11.6 Å². The second kappa shape index (κ2) is 9.49. The van der Waals surface area contributed by atoms with Crippen LogP contribution in [0.25, 0.3) is 0 Å². The fourth-order valence-electron chi connectivity index (χ4n) is 2.97. The van der Waals surface area contributed by atoms with Gasteiger partial charge in [-0.05, 0) is 36.4 Å². The molecule has 0 radical (unpaired) electrons. The van der Waals surface area contributed by atoms with Crippen LogP contribution in [0, 0.1) is 5.82 Å². The van der Waals surface area contributed by atoms with Crippen molar-refractivity contribution in [2.45, 2.75) is 0 Å². The molecule has 1 heterocycles. The van der Waals surface area contributed by atoms with E-state index in [2.05, 4.69) is 10.9 Å². The van der Waals surface area contributed by atoms with E-state index in [1.54, 1.807) is 29.2 Å². The first-order chi connectivity index (χ1) is 13.9. The Hall–Kier alpha value is -2.97. The molecule has 2 N–H and O–H groups in total. The lowest BCUT2D eigenvalue weighted by Gasteiger charge is -2.34. The summed E-state index contributed by atoms with van der Waals surface area (Å²) in [5.74, 6) is -1.43. The van der Waals surface area contributed by atoms with Gasteiger partial charge in [0.25, 0.3) is 17.7 Å². The summed E-state index contributed by atoms with van der Waals surface area (Å²) in [6.07, 6.45) is 0. The third-order valence-electron chi connectivity index (χ3n) is 4.55. The van der Waals surface area contributed by atoms with Crippen LogP contribution in [0.1, 0.15) is 20.7 Å². The Labute approximate surface area is 172 Å². The first-order valence-corrected chi connectivity index (χ1v) is 9.43. The van der Waals surface area contributed by atoms with Gasteiger partial charge in [-0.1, -0.05) is 23.7 Å². The van der Waals surface area contributed by atoms with E-state index >= 15 is 0 Å². The molecule has 0 spiro atoms. The zero-order chi connectivity index (χ0) is 20.8. The Morgan fingerprint density at radius 3 is 2.24 bits per heavy atom. The van der Waals surface area contributed by atoms with Crippen molar-refractivity contribution < 1.29 is 18.8 Å². The van der Waals surface area contributed by atoms with Gasteiger partial charge >= 0.3 is 0 Å². The highest BCUT2D eigenvalue weighted by Gasteiger charge is 2.23. The van der Waals surface area contributed by atoms with E-state index in [1.807, 2.05) is 4.90 Å². The molecule has 0 atom stereocenters. The van der Waals surface area contributed by atoms with E-state index in [0.29, 0.717) is 36.8 Å². The van der Waals surface area contributed by atoms with Crippen molar-refractivity contribution in [2.24, 2.45) is 0 Å². The van der Waals surface area contributed by atoms with Crippen LogP contribution in [-0.2, 0) is 4.79 Å². The number of carbonyl (C=O) groups is 3. The average Bonchev–Trinajstić information content (AvgIpc) is 2.73. The number of hydrogen-bond acceptors (Lipinski definition) is 4. The minimum atomic E-state index is -0.501. The van der Waals surface area contributed by atoms with Gasteiger partial charge in [-0.2, -0.15) is 0 Å². The summed E-state index contributed by atoms with van der Waals surface area (Å²) in [7, 11) is 0. The lowest BCUT2D eigenvalue weighted by molar-refractivity contribution is -0.123. The third kappa shape index (κ3) is 5.52. The van der Waals surface area contributed by atoms with Crippen LogP contribution in [0.4, 0.5) is 4.39 Å². The molecule has 3 rings (SSSR count). The standard InChI is InChI=1S/C20H20ClFN4O3/c21-17-4-2-1-3-16(17)19(28)24-23-18(27)13-25-9-11-26(12-10-25)20(29)14-5-7-15(22)8-6-14/h1-8H,9-13H2,(H,23,27)(H,24,28). The maximum atomic E-state index is 13.0. The van der Waals surface area contributed by atoms with Crippen molar-refractivity contribution in [2.75, 3.05) is 32.7 Å². The van der Waals surface area contributed by atoms with E-state index in [0.717, 1.165) is 0 Å². The van der Waals surface area contributed by atoms with Crippen molar-refractivity contribution >= 4 is 29.3 Å². The van der Waals surface area contributed by atoms with E-state index in [-0.39, 0.29) is 29.7 Å². The molecule has 2 aromatic carbocycles. The van der Waals surface area contributed by atoms with E-state index in [1.165, 1.54) is 24.3 Å². The maximum Gasteiger partial charge on any atom is 0.271 e. The van der Waals surface area contributed by atoms with Crippen molar-refractivity contribution in [3.05, 3.63) is 70.5 Å². The SMILES string of the molecule is O=C(CN1CCN(C(=O)c2ccc(F)cc2)CC1)NNC(=O)c1ccccc1Cl. The molecule has 1 aliphatic rings. The fraction of sp³-hybridized carbons (Fsp3) is 0.250. The summed E-state index contributed by atoms with van der Waals surface area (Å²) < 4.78 is 13.0. The second-order valence-corrected chi connectivity index (χ2v) is 6.96. The second-order valence-electron chi connectivity index (χ2n) is 6.56. The van der Waals surface area contributed by atoms with Gasteiger partial charge in [0.1, 0.15) is 5.82 Å². The zero-order valence-electron chi connectivity index (χ0n) is 15.5. The van der Waals surface area contributed by atoms with Gasteiger partial charge < -0.3 is 4.90 Å². The number of nitrogens with one attached hydrogen (secondary N) is 2.